The van der Waals surface area contributed by atoms with Crippen LogP contribution >= 0.6 is 0 Å². The highest BCUT2D eigenvalue weighted by Gasteiger charge is 2.36. The van der Waals surface area contributed by atoms with E-state index in [1.54, 1.807) is 13.0 Å². The number of rotatable bonds is 5. The first kappa shape index (κ1) is 15.5. The van der Waals surface area contributed by atoms with Gasteiger partial charge >= 0.3 is 0 Å². The first-order valence-corrected chi connectivity index (χ1v) is 8.73. The normalized spacial score (nSPS) is 19.4. The monoisotopic (exact) mass is 296 g/mol. The van der Waals surface area contributed by atoms with Crippen molar-refractivity contribution in [2.45, 2.75) is 62.9 Å². The van der Waals surface area contributed by atoms with Crippen LogP contribution in [0.4, 0.5) is 0 Å². The topological polar surface area (TPSA) is 72.2 Å². The van der Waals surface area contributed by atoms with Crippen LogP contribution in [-0.4, -0.2) is 14.0 Å². The second kappa shape index (κ2) is 5.47. The Balaban J connectivity index is 2.25. The van der Waals surface area contributed by atoms with E-state index in [0.717, 1.165) is 12.0 Å². The fourth-order valence-electron chi connectivity index (χ4n) is 2.94. The van der Waals surface area contributed by atoms with Gasteiger partial charge in [0.1, 0.15) is 0 Å². The summed E-state index contributed by atoms with van der Waals surface area (Å²) in [6.45, 7) is 6.04. The number of hydrogen-bond acceptors (Lipinski definition) is 3. The molecule has 0 radical (unpaired) electrons. The van der Waals surface area contributed by atoms with Crippen molar-refractivity contribution in [2.75, 3.05) is 0 Å². The van der Waals surface area contributed by atoms with Gasteiger partial charge in [-0.3, -0.25) is 0 Å². The van der Waals surface area contributed by atoms with Crippen molar-refractivity contribution in [1.82, 2.24) is 5.32 Å². The standard InChI is InChI=1S/C15H24N2O2S/c1-4-15(8-5-9-15)17-12(3)13-7-6-11(2)14(10-13)20(16,18)19/h6-7,10,12,17H,4-5,8-9H2,1-3H3,(H2,16,18,19). The molecule has 1 unspecified atom stereocenters. The van der Waals surface area contributed by atoms with Gasteiger partial charge in [-0.1, -0.05) is 19.1 Å². The number of hydrogen-bond donors (Lipinski definition) is 2. The molecule has 1 aromatic rings. The lowest BCUT2D eigenvalue weighted by Gasteiger charge is -2.44. The lowest BCUT2D eigenvalue weighted by molar-refractivity contribution is 0.160. The summed E-state index contributed by atoms with van der Waals surface area (Å²) < 4.78 is 23.2. The summed E-state index contributed by atoms with van der Waals surface area (Å²) in [5, 5.41) is 8.93. The van der Waals surface area contributed by atoms with E-state index in [-0.39, 0.29) is 16.5 Å². The van der Waals surface area contributed by atoms with Crippen molar-refractivity contribution < 1.29 is 8.42 Å². The number of aryl methyl sites for hydroxylation is 1. The Labute approximate surface area is 121 Å². The zero-order chi connectivity index (χ0) is 15.0. The minimum atomic E-state index is -3.66. The first-order valence-electron chi connectivity index (χ1n) is 7.18. The Bertz CT molecular complexity index is 586. The van der Waals surface area contributed by atoms with Gasteiger partial charge in [0.15, 0.2) is 0 Å². The molecule has 0 bridgehead atoms. The molecule has 0 aromatic heterocycles. The third kappa shape index (κ3) is 3.05. The van der Waals surface area contributed by atoms with Gasteiger partial charge in [0.05, 0.1) is 4.90 Å². The SMILES string of the molecule is CCC1(NC(C)c2ccc(C)c(S(N)(=O)=O)c2)CCC1. The molecule has 5 heteroatoms. The summed E-state index contributed by atoms with van der Waals surface area (Å²) in [5.41, 5.74) is 1.89. The van der Waals surface area contributed by atoms with Crippen molar-refractivity contribution in [2.24, 2.45) is 5.14 Å². The molecule has 1 aliphatic carbocycles. The summed E-state index contributed by atoms with van der Waals surface area (Å²) in [6, 6.07) is 5.62. The van der Waals surface area contributed by atoms with Crippen molar-refractivity contribution >= 4 is 10.0 Å². The lowest BCUT2D eigenvalue weighted by atomic mass is 9.74. The van der Waals surface area contributed by atoms with Crippen LogP contribution in [0.1, 0.15) is 56.7 Å². The van der Waals surface area contributed by atoms with Crippen LogP contribution in [-0.2, 0) is 10.0 Å². The third-order valence-corrected chi connectivity index (χ3v) is 5.58. The van der Waals surface area contributed by atoms with Gasteiger partial charge in [0.25, 0.3) is 0 Å². The molecule has 0 heterocycles. The van der Waals surface area contributed by atoms with Gasteiger partial charge in [-0.2, -0.15) is 0 Å². The van der Waals surface area contributed by atoms with Gasteiger partial charge in [0.2, 0.25) is 10.0 Å². The molecule has 112 valence electrons. The van der Waals surface area contributed by atoms with E-state index in [1.807, 2.05) is 12.1 Å². The Kier molecular flexibility index (Phi) is 4.23. The predicted molar refractivity (Wildman–Crippen MR) is 81.0 cm³/mol. The van der Waals surface area contributed by atoms with Crippen molar-refractivity contribution in [1.29, 1.82) is 0 Å². The van der Waals surface area contributed by atoms with Crippen molar-refractivity contribution in [3.63, 3.8) is 0 Å². The summed E-state index contributed by atoms with van der Waals surface area (Å²) >= 11 is 0. The zero-order valence-corrected chi connectivity index (χ0v) is 13.3. The maximum Gasteiger partial charge on any atom is 0.238 e. The van der Waals surface area contributed by atoms with Crippen molar-refractivity contribution in [3.8, 4) is 0 Å². The highest BCUT2D eigenvalue weighted by molar-refractivity contribution is 7.89. The van der Waals surface area contributed by atoms with Crippen LogP contribution in [0.2, 0.25) is 0 Å². The van der Waals surface area contributed by atoms with E-state index < -0.39 is 10.0 Å². The number of nitrogens with one attached hydrogen (secondary N) is 1. The minimum absolute atomic E-state index is 0.122. The molecule has 20 heavy (non-hydrogen) atoms. The van der Waals surface area contributed by atoms with Crippen LogP contribution < -0.4 is 10.5 Å². The summed E-state index contributed by atoms with van der Waals surface area (Å²) in [5.74, 6) is 0. The average Bonchev–Trinajstić information content (AvgIpc) is 2.32. The van der Waals surface area contributed by atoms with Crippen LogP contribution in [0.5, 0.6) is 0 Å². The van der Waals surface area contributed by atoms with Crippen LogP contribution in [0, 0.1) is 6.92 Å². The summed E-state index contributed by atoms with van der Waals surface area (Å²) in [6.07, 6.45) is 4.76. The van der Waals surface area contributed by atoms with Crippen molar-refractivity contribution in [3.05, 3.63) is 29.3 Å². The Hall–Kier alpha value is -0.910. The van der Waals surface area contributed by atoms with Gasteiger partial charge in [0, 0.05) is 11.6 Å². The Morgan fingerprint density at radius 2 is 2.05 bits per heavy atom. The van der Waals surface area contributed by atoms with Gasteiger partial charge < -0.3 is 5.32 Å². The second-order valence-corrected chi connectivity index (χ2v) is 7.45. The van der Waals surface area contributed by atoms with E-state index >= 15 is 0 Å². The number of primary sulfonamides is 1. The molecular formula is C15H24N2O2S. The molecule has 1 fully saturated rings. The summed E-state index contributed by atoms with van der Waals surface area (Å²) in [4.78, 5) is 0.225. The number of benzene rings is 1. The fourth-order valence-corrected chi connectivity index (χ4v) is 3.76. The maximum absolute atomic E-state index is 11.6. The number of nitrogens with two attached hydrogens (primary N) is 1. The maximum atomic E-state index is 11.6. The average molecular weight is 296 g/mol. The first-order chi connectivity index (χ1) is 9.27. The molecule has 0 aliphatic heterocycles. The Morgan fingerprint density at radius 3 is 2.50 bits per heavy atom. The smallest absolute Gasteiger partial charge is 0.238 e. The summed E-state index contributed by atoms with van der Waals surface area (Å²) in [7, 11) is -3.66. The molecule has 4 nitrogen and oxygen atoms in total. The molecule has 1 aromatic carbocycles. The molecule has 1 atom stereocenters. The zero-order valence-electron chi connectivity index (χ0n) is 12.4. The second-order valence-electron chi connectivity index (χ2n) is 5.92. The Morgan fingerprint density at radius 1 is 1.40 bits per heavy atom. The minimum Gasteiger partial charge on any atom is -0.305 e. The largest absolute Gasteiger partial charge is 0.305 e. The van der Waals surface area contributed by atoms with Gasteiger partial charge in [-0.05, 0) is 56.7 Å². The highest BCUT2D eigenvalue weighted by Crippen LogP contribution is 2.37. The molecule has 1 saturated carbocycles. The molecule has 0 saturated heterocycles. The van der Waals surface area contributed by atoms with E-state index in [4.69, 9.17) is 5.14 Å². The number of sulfonamides is 1. The molecular weight excluding hydrogens is 272 g/mol. The molecule has 0 amide bonds. The highest BCUT2D eigenvalue weighted by atomic mass is 32.2. The van der Waals surface area contributed by atoms with E-state index in [1.165, 1.54) is 19.3 Å². The lowest BCUT2D eigenvalue weighted by Crippen LogP contribution is -2.51. The molecule has 0 spiro atoms. The molecule has 2 rings (SSSR count). The van der Waals surface area contributed by atoms with E-state index in [0.29, 0.717) is 5.56 Å². The third-order valence-electron chi connectivity index (χ3n) is 4.53. The van der Waals surface area contributed by atoms with Crippen LogP contribution in [0.15, 0.2) is 23.1 Å². The van der Waals surface area contributed by atoms with Crippen LogP contribution in [0.25, 0.3) is 0 Å². The van der Waals surface area contributed by atoms with Crippen LogP contribution in [0.3, 0.4) is 0 Å². The van der Waals surface area contributed by atoms with Gasteiger partial charge in [-0.25, -0.2) is 13.6 Å². The predicted octanol–water partition coefficient (Wildman–Crippen LogP) is 2.63. The van der Waals surface area contributed by atoms with E-state index in [2.05, 4.69) is 19.2 Å². The molecule has 1 aliphatic rings. The fraction of sp³-hybridized carbons (Fsp3) is 0.600. The van der Waals surface area contributed by atoms with Gasteiger partial charge in [-0.15, -0.1) is 0 Å². The van der Waals surface area contributed by atoms with E-state index in [9.17, 15) is 8.42 Å². The quantitative estimate of drug-likeness (QED) is 0.877. The molecule has 3 N–H and O–H groups in total.